The third kappa shape index (κ3) is 2.01. The highest BCUT2D eigenvalue weighted by Crippen LogP contribution is 2.31. The number of ketones is 1. The number of rotatable bonds is 3. The number of fused-ring (bicyclic) bond motifs is 1. The Morgan fingerprint density at radius 1 is 1.33 bits per heavy atom. The third-order valence-corrected chi connectivity index (χ3v) is 2.76. The minimum atomic E-state index is 0.00333. The molecule has 1 aromatic rings. The normalized spacial score (nSPS) is 18.2. The van der Waals surface area contributed by atoms with Crippen LogP contribution < -0.4 is 0 Å². The van der Waals surface area contributed by atoms with Crippen LogP contribution in [0.5, 0.6) is 0 Å². The van der Waals surface area contributed by atoms with E-state index in [9.17, 15) is 4.79 Å². The molecule has 1 aliphatic rings. The van der Waals surface area contributed by atoms with Gasteiger partial charge in [0.2, 0.25) is 0 Å². The summed E-state index contributed by atoms with van der Waals surface area (Å²) in [4.78, 5) is 12.0. The topological polar surface area (TPSA) is 17.1 Å². The lowest BCUT2D eigenvalue weighted by Gasteiger charge is -2.11. The molecule has 0 saturated heterocycles. The Hall–Kier alpha value is -1.37. The second kappa shape index (κ2) is 4.01. The van der Waals surface area contributed by atoms with E-state index in [1.807, 2.05) is 18.2 Å². The lowest BCUT2D eigenvalue weighted by Crippen LogP contribution is -2.11. The molecule has 2 rings (SSSR count). The summed E-state index contributed by atoms with van der Waals surface area (Å²) in [6, 6.07) is 8.13. The number of carbonyl (C=O) groups excluding carboxylic acids is 1. The van der Waals surface area contributed by atoms with E-state index in [2.05, 4.69) is 32.1 Å². The molecule has 78 valence electrons. The first-order valence-electron chi connectivity index (χ1n) is 5.48. The SMILES string of the molecule is CC(C)CC(=O)C1C=Cc2ccccc21. The molecule has 0 heterocycles. The van der Waals surface area contributed by atoms with Gasteiger partial charge in [-0.3, -0.25) is 4.79 Å². The van der Waals surface area contributed by atoms with E-state index < -0.39 is 0 Å². The van der Waals surface area contributed by atoms with Crippen molar-refractivity contribution in [2.75, 3.05) is 0 Å². The van der Waals surface area contributed by atoms with Crippen molar-refractivity contribution in [1.82, 2.24) is 0 Å². The summed E-state index contributed by atoms with van der Waals surface area (Å²) in [7, 11) is 0. The lowest BCUT2D eigenvalue weighted by atomic mass is 9.92. The van der Waals surface area contributed by atoms with Crippen LogP contribution in [0, 0.1) is 5.92 Å². The predicted molar refractivity (Wildman–Crippen MR) is 62.7 cm³/mol. The Balaban J connectivity index is 2.21. The minimum Gasteiger partial charge on any atom is -0.299 e. The van der Waals surface area contributed by atoms with Gasteiger partial charge in [0.05, 0.1) is 5.92 Å². The molecular formula is C14H16O. The van der Waals surface area contributed by atoms with E-state index in [-0.39, 0.29) is 5.92 Å². The van der Waals surface area contributed by atoms with Crippen molar-refractivity contribution < 1.29 is 4.79 Å². The van der Waals surface area contributed by atoms with Gasteiger partial charge in [-0.05, 0) is 17.0 Å². The van der Waals surface area contributed by atoms with E-state index in [4.69, 9.17) is 0 Å². The predicted octanol–water partition coefficient (Wildman–Crippen LogP) is 3.41. The maximum Gasteiger partial charge on any atom is 0.144 e. The molecule has 1 atom stereocenters. The fourth-order valence-electron chi connectivity index (χ4n) is 2.06. The van der Waals surface area contributed by atoms with Crippen LogP contribution in [0.1, 0.15) is 37.3 Å². The van der Waals surface area contributed by atoms with Crippen molar-refractivity contribution in [3.8, 4) is 0 Å². The largest absolute Gasteiger partial charge is 0.299 e. The third-order valence-electron chi connectivity index (χ3n) is 2.76. The van der Waals surface area contributed by atoms with Gasteiger partial charge in [0.1, 0.15) is 5.78 Å². The molecule has 0 aromatic heterocycles. The van der Waals surface area contributed by atoms with Gasteiger partial charge >= 0.3 is 0 Å². The molecule has 1 nitrogen and oxygen atoms in total. The number of allylic oxidation sites excluding steroid dienone is 1. The first-order chi connectivity index (χ1) is 7.18. The zero-order chi connectivity index (χ0) is 10.8. The zero-order valence-electron chi connectivity index (χ0n) is 9.23. The summed E-state index contributed by atoms with van der Waals surface area (Å²) in [5.41, 5.74) is 2.36. The quantitative estimate of drug-likeness (QED) is 0.730. The first-order valence-corrected chi connectivity index (χ1v) is 5.48. The van der Waals surface area contributed by atoms with Crippen LogP contribution in [-0.2, 0) is 4.79 Å². The van der Waals surface area contributed by atoms with Crippen LogP contribution in [0.2, 0.25) is 0 Å². The summed E-state index contributed by atoms with van der Waals surface area (Å²) in [6.07, 6.45) is 4.75. The van der Waals surface area contributed by atoms with Crippen molar-refractivity contribution in [2.24, 2.45) is 5.92 Å². The van der Waals surface area contributed by atoms with E-state index >= 15 is 0 Å². The lowest BCUT2D eigenvalue weighted by molar-refractivity contribution is -0.120. The van der Waals surface area contributed by atoms with Gasteiger partial charge in [-0.2, -0.15) is 0 Å². The Bertz CT molecular complexity index is 402. The fraction of sp³-hybridized carbons (Fsp3) is 0.357. The van der Waals surface area contributed by atoms with Crippen molar-refractivity contribution in [2.45, 2.75) is 26.2 Å². The molecular weight excluding hydrogens is 184 g/mol. The van der Waals surface area contributed by atoms with Crippen LogP contribution >= 0.6 is 0 Å². The number of carbonyl (C=O) groups is 1. The van der Waals surface area contributed by atoms with Gasteiger partial charge in [0.25, 0.3) is 0 Å². The summed E-state index contributed by atoms with van der Waals surface area (Å²) in [5, 5.41) is 0. The number of hydrogen-bond donors (Lipinski definition) is 0. The average Bonchev–Trinajstić information content (AvgIpc) is 2.59. The van der Waals surface area contributed by atoms with Gasteiger partial charge in [-0.25, -0.2) is 0 Å². The average molecular weight is 200 g/mol. The zero-order valence-corrected chi connectivity index (χ0v) is 9.23. The molecule has 0 saturated carbocycles. The van der Waals surface area contributed by atoms with Gasteiger partial charge in [0, 0.05) is 6.42 Å². The molecule has 1 aliphatic carbocycles. The van der Waals surface area contributed by atoms with E-state index in [1.165, 1.54) is 11.1 Å². The molecule has 0 N–H and O–H groups in total. The summed E-state index contributed by atoms with van der Waals surface area (Å²) in [5.74, 6) is 0.786. The van der Waals surface area contributed by atoms with Gasteiger partial charge < -0.3 is 0 Å². The molecule has 1 heteroatoms. The van der Waals surface area contributed by atoms with Crippen molar-refractivity contribution >= 4 is 11.9 Å². The Kier molecular flexibility index (Phi) is 2.72. The maximum atomic E-state index is 12.0. The molecule has 0 amide bonds. The summed E-state index contributed by atoms with van der Waals surface area (Å²) < 4.78 is 0. The molecule has 0 spiro atoms. The number of Topliss-reactive ketones (excluding diaryl/α,β-unsaturated/α-hetero) is 1. The second-order valence-corrected chi connectivity index (χ2v) is 4.53. The Labute approximate surface area is 90.8 Å². The first kappa shape index (κ1) is 10.2. The number of benzene rings is 1. The summed E-state index contributed by atoms with van der Waals surface area (Å²) >= 11 is 0. The molecule has 1 unspecified atom stereocenters. The number of hydrogen-bond acceptors (Lipinski definition) is 1. The van der Waals surface area contributed by atoms with Gasteiger partial charge in [-0.15, -0.1) is 0 Å². The summed E-state index contributed by atoms with van der Waals surface area (Å²) in [6.45, 7) is 4.17. The fourth-order valence-corrected chi connectivity index (χ4v) is 2.06. The van der Waals surface area contributed by atoms with Crippen LogP contribution in [0.3, 0.4) is 0 Å². The Morgan fingerprint density at radius 3 is 2.80 bits per heavy atom. The van der Waals surface area contributed by atoms with Crippen LogP contribution in [0.25, 0.3) is 6.08 Å². The maximum absolute atomic E-state index is 12.0. The molecule has 1 aromatic carbocycles. The smallest absolute Gasteiger partial charge is 0.144 e. The van der Waals surface area contributed by atoms with E-state index in [0.29, 0.717) is 18.1 Å². The van der Waals surface area contributed by atoms with Crippen molar-refractivity contribution in [3.05, 3.63) is 41.5 Å². The van der Waals surface area contributed by atoms with Crippen LogP contribution in [-0.4, -0.2) is 5.78 Å². The highest BCUT2D eigenvalue weighted by atomic mass is 16.1. The van der Waals surface area contributed by atoms with Crippen LogP contribution in [0.15, 0.2) is 30.3 Å². The molecule has 0 fully saturated rings. The van der Waals surface area contributed by atoms with Gasteiger partial charge in [0.15, 0.2) is 0 Å². The highest BCUT2D eigenvalue weighted by Gasteiger charge is 2.23. The molecule has 0 aliphatic heterocycles. The Morgan fingerprint density at radius 2 is 2.07 bits per heavy atom. The molecule has 0 bridgehead atoms. The van der Waals surface area contributed by atoms with Crippen molar-refractivity contribution in [3.63, 3.8) is 0 Å². The molecule has 0 radical (unpaired) electrons. The van der Waals surface area contributed by atoms with Gasteiger partial charge in [-0.1, -0.05) is 50.3 Å². The van der Waals surface area contributed by atoms with Crippen LogP contribution in [0.4, 0.5) is 0 Å². The standard InChI is InChI=1S/C14H16O/c1-10(2)9-14(15)13-8-7-11-5-3-4-6-12(11)13/h3-8,10,13H,9H2,1-2H3. The van der Waals surface area contributed by atoms with Crippen molar-refractivity contribution in [1.29, 1.82) is 0 Å². The second-order valence-electron chi connectivity index (χ2n) is 4.53. The molecule has 15 heavy (non-hydrogen) atoms. The van der Waals surface area contributed by atoms with E-state index in [0.717, 1.165) is 0 Å². The minimum absolute atomic E-state index is 0.00333. The van der Waals surface area contributed by atoms with E-state index in [1.54, 1.807) is 0 Å². The monoisotopic (exact) mass is 200 g/mol. The highest BCUT2D eigenvalue weighted by molar-refractivity contribution is 5.92.